The SMILES string of the molecule is CCOC(=O)CSc1cccc(CCOc2cccc3c2CN(c2ccc(C(F)(F)F)cc2)C3=O)c1. The van der Waals surface area contributed by atoms with E-state index in [0.29, 0.717) is 42.2 Å². The third kappa shape index (κ3) is 6.02. The first-order valence-electron chi connectivity index (χ1n) is 11.4. The summed E-state index contributed by atoms with van der Waals surface area (Å²) in [6, 6.07) is 17.6. The van der Waals surface area contributed by atoms with Crippen molar-refractivity contribution in [1.29, 1.82) is 0 Å². The molecule has 0 bridgehead atoms. The average molecular weight is 516 g/mol. The van der Waals surface area contributed by atoms with Gasteiger partial charge < -0.3 is 14.4 Å². The molecule has 5 nitrogen and oxygen atoms in total. The second kappa shape index (κ2) is 11.1. The van der Waals surface area contributed by atoms with Gasteiger partial charge in [-0.15, -0.1) is 11.8 Å². The first-order valence-corrected chi connectivity index (χ1v) is 12.4. The molecule has 0 saturated carbocycles. The number of anilines is 1. The molecule has 0 spiro atoms. The van der Waals surface area contributed by atoms with Crippen molar-refractivity contribution in [3.8, 4) is 5.75 Å². The predicted molar refractivity (Wildman–Crippen MR) is 131 cm³/mol. The van der Waals surface area contributed by atoms with Gasteiger partial charge in [-0.25, -0.2) is 0 Å². The highest BCUT2D eigenvalue weighted by atomic mass is 32.2. The second-order valence-electron chi connectivity index (χ2n) is 8.06. The molecule has 0 aromatic heterocycles. The van der Waals surface area contributed by atoms with Crippen molar-refractivity contribution in [2.45, 2.75) is 31.0 Å². The van der Waals surface area contributed by atoms with Crippen LogP contribution in [0.1, 0.15) is 34.0 Å². The van der Waals surface area contributed by atoms with Gasteiger partial charge >= 0.3 is 12.1 Å². The molecular weight excluding hydrogens is 491 g/mol. The molecule has 1 aliphatic heterocycles. The summed E-state index contributed by atoms with van der Waals surface area (Å²) < 4.78 is 49.6. The van der Waals surface area contributed by atoms with Crippen LogP contribution in [0.4, 0.5) is 18.9 Å². The van der Waals surface area contributed by atoms with Gasteiger partial charge in [0.05, 0.1) is 31.1 Å². The van der Waals surface area contributed by atoms with E-state index in [9.17, 15) is 22.8 Å². The highest BCUT2D eigenvalue weighted by Gasteiger charge is 2.33. The van der Waals surface area contributed by atoms with E-state index in [-0.39, 0.29) is 24.2 Å². The van der Waals surface area contributed by atoms with Crippen LogP contribution < -0.4 is 9.64 Å². The number of amides is 1. The Bertz CT molecular complexity index is 1240. The van der Waals surface area contributed by atoms with E-state index in [4.69, 9.17) is 9.47 Å². The Morgan fingerprint density at radius 3 is 2.53 bits per heavy atom. The smallest absolute Gasteiger partial charge is 0.416 e. The van der Waals surface area contributed by atoms with Crippen molar-refractivity contribution in [2.24, 2.45) is 0 Å². The molecule has 3 aromatic rings. The normalized spacial score (nSPS) is 13.0. The zero-order valence-electron chi connectivity index (χ0n) is 19.5. The summed E-state index contributed by atoms with van der Waals surface area (Å²) in [6.45, 7) is 2.72. The van der Waals surface area contributed by atoms with Crippen molar-refractivity contribution in [2.75, 3.05) is 23.9 Å². The summed E-state index contributed by atoms with van der Waals surface area (Å²) in [5.41, 5.74) is 1.86. The fourth-order valence-electron chi connectivity index (χ4n) is 3.89. The number of carbonyl (C=O) groups is 2. The maximum atomic E-state index is 12.9. The minimum Gasteiger partial charge on any atom is -0.493 e. The van der Waals surface area contributed by atoms with Crippen LogP contribution in [-0.2, 0) is 28.7 Å². The van der Waals surface area contributed by atoms with Crippen LogP contribution in [0, 0.1) is 0 Å². The number of thioether (sulfide) groups is 1. The lowest BCUT2D eigenvalue weighted by Gasteiger charge is -2.17. The van der Waals surface area contributed by atoms with Gasteiger partial charge in [-0.3, -0.25) is 9.59 Å². The first kappa shape index (κ1) is 25.6. The number of fused-ring (bicyclic) bond motifs is 1. The molecule has 0 atom stereocenters. The minimum absolute atomic E-state index is 0.218. The van der Waals surface area contributed by atoms with E-state index in [1.165, 1.54) is 28.8 Å². The molecule has 9 heteroatoms. The molecule has 1 aliphatic rings. The van der Waals surface area contributed by atoms with E-state index in [1.54, 1.807) is 25.1 Å². The Morgan fingerprint density at radius 1 is 1.06 bits per heavy atom. The van der Waals surface area contributed by atoms with Crippen LogP contribution in [0.2, 0.25) is 0 Å². The molecular formula is C27H24F3NO4S. The Kier molecular flexibility index (Phi) is 7.88. The number of halogens is 3. The number of nitrogens with zero attached hydrogens (tertiary/aromatic N) is 1. The van der Waals surface area contributed by atoms with Gasteiger partial charge in [0, 0.05) is 28.1 Å². The minimum atomic E-state index is -4.43. The van der Waals surface area contributed by atoms with Crippen LogP contribution in [0.5, 0.6) is 5.75 Å². The fourth-order valence-corrected chi connectivity index (χ4v) is 4.67. The van der Waals surface area contributed by atoms with E-state index in [2.05, 4.69) is 0 Å². The Balaban J connectivity index is 1.38. The lowest BCUT2D eigenvalue weighted by molar-refractivity contribution is -0.140. The van der Waals surface area contributed by atoms with Gasteiger partial charge in [-0.2, -0.15) is 13.2 Å². The van der Waals surface area contributed by atoms with Crippen molar-refractivity contribution in [3.05, 3.63) is 89.0 Å². The molecule has 0 radical (unpaired) electrons. The number of rotatable bonds is 9. The summed E-state index contributed by atoms with van der Waals surface area (Å²) in [7, 11) is 0. The van der Waals surface area contributed by atoms with Crippen LogP contribution in [0.25, 0.3) is 0 Å². The number of carbonyl (C=O) groups excluding carboxylic acids is 2. The zero-order valence-corrected chi connectivity index (χ0v) is 20.3. The molecule has 3 aromatic carbocycles. The zero-order chi connectivity index (χ0) is 25.7. The van der Waals surface area contributed by atoms with Crippen LogP contribution in [0.15, 0.2) is 71.6 Å². The van der Waals surface area contributed by atoms with Crippen LogP contribution in [0.3, 0.4) is 0 Å². The lowest BCUT2D eigenvalue weighted by Crippen LogP contribution is -2.23. The van der Waals surface area contributed by atoms with Crippen molar-refractivity contribution in [1.82, 2.24) is 0 Å². The first-order chi connectivity index (χ1) is 17.3. The Labute approximate surface area is 211 Å². The molecule has 0 saturated heterocycles. The molecule has 0 N–H and O–H groups in total. The van der Waals surface area contributed by atoms with Gasteiger partial charge in [0.15, 0.2) is 0 Å². The van der Waals surface area contributed by atoms with E-state index in [1.807, 2.05) is 24.3 Å². The number of hydrogen-bond donors (Lipinski definition) is 0. The number of esters is 1. The number of hydrogen-bond acceptors (Lipinski definition) is 5. The summed E-state index contributed by atoms with van der Waals surface area (Å²) in [4.78, 5) is 26.9. The number of alkyl halides is 3. The maximum Gasteiger partial charge on any atom is 0.416 e. The molecule has 1 heterocycles. The van der Waals surface area contributed by atoms with Gasteiger partial charge in [-0.1, -0.05) is 18.2 Å². The van der Waals surface area contributed by atoms with Crippen LogP contribution >= 0.6 is 11.8 Å². The van der Waals surface area contributed by atoms with Gasteiger partial charge in [0.1, 0.15) is 5.75 Å². The largest absolute Gasteiger partial charge is 0.493 e. The molecule has 0 fully saturated rings. The topological polar surface area (TPSA) is 55.8 Å². The van der Waals surface area contributed by atoms with Gasteiger partial charge in [0.25, 0.3) is 5.91 Å². The third-order valence-corrected chi connectivity index (χ3v) is 6.61. The average Bonchev–Trinajstić information content (AvgIpc) is 3.20. The Hall–Kier alpha value is -3.46. The predicted octanol–water partition coefficient (Wildman–Crippen LogP) is 6.14. The molecule has 0 unspecified atom stereocenters. The highest BCUT2D eigenvalue weighted by molar-refractivity contribution is 8.00. The standard InChI is InChI=1S/C27H24F3NO4S/c1-2-34-25(32)17-36-21-6-3-5-18(15-21)13-14-35-24-8-4-7-22-23(24)16-31(26(22)33)20-11-9-19(10-12-20)27(28,29)30/h3-12,15H,2,13-14,16-17H2,1H3. The molecule has 4 rings (SSSR count). The van der Waals surface area contributed by atoms with Crippen LogP contribution in [-0.4, -0.2) is 30.8 Å². The van der Waals surface area contributed by atoms with Crippen molar-refractivity contribution in [3.63, 3.8) is 0 Å². The van der Waals surface area contributed by atoms with E-state index < -0.39 is 11.7 Å². The van der Waals surface area contributed by atoms with Crippen molar-refractivity contribution >= 4 is 29.3 Å². The summed E-state index contributed by atoms with van der Waals surface area (Å²) in [5.74, 6) is 0.284. The number of benzene rings is 3. The summed E-state index contributed by atoms with van der Waals surface area (Å²) >= 11 is 1.41. The number of ether oxygens (including phenoxy) is 2. The van der Waals surface area contributed by atoms with E-state index in [0.717, 1.165) is 22.6 Å². The summed E-state index contributed by atoms with van der Waals surface area (Å²) in [5, 5.41) is 0. The quantitative estimate of drug-likeness (QED) is 0.253. The fraction of sp³-hybridized carbons (Fsp3) is 0.259. The molecule has 188 valence electrons. The van der Waals surface area contributed by atoms with Gasteiger partial charge in [-0.05, 0) is 61.0 Å². The third-order valence-electron chi connectivity index (χ3n) is 5.64. The monoisotopic (exact) mass is 515 g/mol. The molecule has 1 amide bonds. The summed E-state index contributed by atoms with van der Waals surface area (Å²) in [6.07, 6.45) is -3.81. The maximum absolute atomic E-state index is 12.9. The molecule has 0 aliphatic carbocycles. The van der Waals surface area contributed by atoms with Crippen molar-refractivity contribution < 1.29 is 32.2 Å². The highest BCUT2D eigenvalue weighted by Crippen LogP contribution is 2.36. The van der Waals surface area contributed by atoms with Gasteiger partial charge in [0.2, 0.25) is 0 Å². The lowest BCUT2D eigenvalue weighted by atomic mass is 10.1. The van der Waals surface area contributed by atoms with E-state index >= 15 is 0 Å². The Morgan fingerprint density at radius 2 is 1.81 bits per heavy atom. The second-order valence-corrected chi connectivity index (χ2v) is 9.11. The molecule has 36 heavy (non-hydrogen) atoms.